The zero-order chi connectivity index (χ0) is 16.4. The molecule has 0 aliphatic rings. The van der Waals surface area contributed by atoms with Crippen molar-refractivity contribution in [1.82, 2.24) is 10.6 Å². The van der Waals surface area contributed by atoms with E-state index in [2.05, 4.69) is 15.4 Å². The lowest BCUT2D eigenvalue weighted by Crippen LogP contribution is -2.47. The van der Waals surface area contributed by atoms with Gasteiger partial charge in [-0.15, -0.1) is 0 Å². The highest BCUT2D eigenvalue weighted by Gasteiger charge is 2.22. The Hall–Kier alpha value is -1.79. The van der Waals surface area contributed by atoms with Crippen LogP contribution in [0.5, 0.6) is 0 Å². The maximum absolute atomic E-state index is 11.7. The van der Waals surface area contributed by atoms with Gasteiger partial charge in [-0.3, -0.25) is 4.79 Å². The van der Waals surface area contributed by atoms with E-state index in [4.69, 9.17) is 5.11 Å². The van der Waals surface area contributed by atoms with Crippen LogP contribution >= 0.6 is 0 Å². The highest BCUT2D eigenvalue weighted by atomic mass is 16.5. The van der Waals surface area contributed by atoms with Crippen LogP contribution in [0.3, 0.4) is 0 Å². The topological polar surface area (TPSA) is 105 Å². The van der Waals surface area contributed by atoms with Crippen LogP contribution in [0.15, 0.2) is 0 Å². The predicted octanol–water partition coefficient (Wildman–Crippen LogP) is 1.37. The van der Waals surface area contributed by atoms with Crippen LogP contribution in [-0.4, -0.2) is 42.8 Å². The van der Waals surface area contributed by atoms with E-state index in [1.165, 1.54) is 7.11 Å². The molecule has 0 aliphatic carbocycles. The van der Waals surface area contributed by atoms with Crippen molar-refractivity contribution < 1.29 is 24.2 Å². The Morgan fingerprint density at radius 1 is 1.19 bits per heavy atom. The second-order valence-electron chi connectivity index (χ2n) is 5.49. The number of aliphatic carboxylic acids is 1. The number of ether oxygens (including phenoxy) is 1. The van der Waals surface area contributed by atoms with Gasteiger partial charge in [0, 0.05) is 6.54 Å². The Balaban J connectivity index is 4.09. The zero-order valence-corrected chi connectivity index (χ0v) is 13.1. The SMILES string of the molecule is COC(=O)C(CC(C)C)NC(=O)NCCCC(C)C(=O)O. The predicted molar refractivity (Wildman–Crippen MR) is 77.8 cm³/mol. The molecule has 0 rings (SSSR count). The summed E-state index contributed by atoms with van der Waals surface area (Å²) in [6.07, 6.45) is 1.55. The van der Waals surface area contributed by atoms with Gasteiger partial charge in [-0.25, -0.2) is 9.59 Å². The van der Waals surface area contributed by atoms with Gasteiger partial charge in [0.25, 0.3) is 0 Å². The molecule has 0 aromatic carbocycles. The minimum absolute atomic E-state index is 0.241. The Morgan fingerprint density at radius 2 is 1.81 bits per heavy atom. The number of carboxylic acid groups (broad SMARTS) is 1. The average molecular weight is 302 g/mol. The summed E-state index contributed by atoms with van der Waals surface area (Å²) in [5.41, 5.74) is 0. The first kappa shape index (κ1) is 19.2. The van der Waals surface area contributed by atoms with Crippen molar-refractivity contribution in [2.45, 2.75) is 46.1 Å². The van der Waals surface area contributed by atoms with Crippen LogP contribution in [0.4, 0.5) is 4.79 Å². The lowest BCUT2D eigenvalue weighted by Gasteiger charge is -2.18. The minimum Gasteiger partial charge on any atom is -0.481 e. The molecule has 0 spiro atoms. The number of carbonyl (C=O) groups is 3. The second kappa shape index (κ2) is 10.0. The van der Waals surface area contributed by atoms with Gasteiger partial charge in [0.1, 0.15) is 6.04 Å². The molecule has 3 N–H and O–H groups in total. The molecule has 2 unspecified atom stereocenters. The van der Waals surface area contributed by atoms with Crippen molar-refractivity contribution >= 4 is 18.0 Å². The summed E-state index contributed by atoms with van der Waals surface area (Å²) in [7, 11) is 1.28. The number of nitrogens with one attached hydrogen (secondary N) is 2. The van der Waals surface area contributed by atoms with Gasteiger partial charge in [0.2, 0.25) is 0 Å². The first-order chi connectivity index (χ1) is 9.77. The molecule has 122 valence electrons. The Kier molecular flexibility index (Phi) is 9.16. The van der Waals surface area contributed by atoms with E-state index in [-0.39, 0.29) is 5.92 Å². The van der Waals surface area contributed by atoms with Crippen LogP contribution < -0.4 is 10.6 Å². The van der Waals surface area contributed by atoms with Gasteiger partial charge in [-0.2, -0.15) is 0 Å². The first-order valence-electron chi connectivity index (χ1n) is 7.12. The lowest BCUT2D eigenvalue weighted by atomic mass is 10.0. The summed E-state index contributed by atoms with van der Waals surface area (Å²) in [4.78, 5) is 33.9. The van der Waals surface area contributed by atoms with Gasteiger partial charge in [-0.05, 0) is 25.2 Å². The molecule has 0 aromatic heterocycles. The van der Waals surface area contributed by atoms with Crippen molar-refractivity contribution in [1.29, 1.82) is 0 Å². The molecule has 0 saturated carbocycles. The second-order valence-corrected chi connectivity index (χ2v) is 5.49. The Bertz CT molecular complexity index is 357. The van der Waals surface area contributed by atoms with Gasteiger partial charge in [0.15, 0.2) is 0 Å². The van der Waals surface area contributed by atoms with E-state index < -0.39 is 29.9 Å². The monoisotopic (exact) mass is 302 g/mol. The molecular weight excluding hydrogens is 276 g/mol. The molecule has 7 heteroatoms. The van der Waals surface area contributed by atoms with Gasteiger partial charge < -0.3 is 20.5 Å². The van der Waals surface area contributed by atoms with Crippen LogP contribution in [0, 0.1) is 11.8 Å². The molecule has 21 heavy (non-hydrogen) atoms. The summed E-state index contributed by atoms with van der Waals surface area (Å²) in [6.45, 7) is 5.88. The van der Waals surface area contributed by atoms with Crippen molar-refractivity contribution in [3.05, 3.63) is 0 Å². The first-order valence-corrected chi connectivity index (χ1v) is 7.12. The van der Waals surface area contributed by atoms with Crippen LogP contribution in [-0.2, 0) is 14.3 Å². The van der Waals surface area contributed by atoms with Gasteiger partial charge in [-0.1, -0.05) is 20.8 Å². The summed E-state index contributed by atoms with van der Waals surface area (Å²) in [5.74, 6) is -1.51. The number of carbonyl (C=O) groups excluding carboxylic acids is 2. The molecule has 0 heterocycles. The molecule has 0 aromatic rings. The highest BCUT2D eigenvalue weighted by Crippen LogP contribution is 2.06. The molecule has 0 aliphatic heterocycles. The van der Waals surface area contributed by atoms with Crippen molar-refractivity contribution in [3.8, 4) is 0 Å². The van der Waals surface area contributed by atoms with Crippen LogP contribution in [0.1, 0.15) is 40.0 Å². The van der Waals surface area contributed by atoms with E-state index in [1.807, 2.05) is 13.8 Å². The normalized spacial score (nSPS) is 13.4. The Morgan fingerprint density at radius 3 is 2.29 bits per heavy atom. The van der Waals surface area contributed by atoms with Crippen LogP contribution in [0.2, 0.25) is 0 Å². The Labute approximate surface area is 125 Å². The van der Waals surface area contributed by atoms with E-state index in [0.29, 0.717) is 25.8 Å². The number of carboxylic acids is 1. The van der Waals surface area contributed by atoms with Crippen molar-refractivity contribution in [2.75, 3.05) is 13.7 Å². The van der Waals surface area contributed by atoms with E-state index in [1.54, 1.807) is 6.92 Å². The summed E-state index contributed by atoms with van der Waals surface area (Å²) in [6, 6.07) is -1.12. The quantitative estimate of drug-likeness (QED) is 0.441. The fourth-order valence-corrected chi connectivity index (χ4v) is 1.77. The van der Waals surface area contributed by atoms with Crippen molar-refractivity contribution in [2.24, 2.45) is 11.8 Å². The summed E-state index contributed by atoms with van der Waals surface area (Å²) in [5, 5.41) is 13.9. The number of hydrogen-bond donors (Lipinski definition) is 3. The molecule has 0 saturated heterocycles. The lowest BCUT2D eigenvalue weighted by molar-refractivity contribution is -0.143. The number of rotatable bonds is 9. The molecule has 0 fully saturated rings. The molecule has 7 nitrogen and oxygen atoms in total. The average Bonchev–Trinajstić information content (AvgIpc) is 2.40. The fraction of sp³-hybridized carbons (Fsp3) is 0.786. The maximum Gasteiger partial charge on any atom is 0.328 e. The molecule has 0 bridgehead atoms. The third-order valence-electron chi connectivity index (χ3n) is 3.02. The van der Waals surface area contributed by atoms with Gasteiger partial charge in [0.05, 0.1) is 13.0 Å². The van der Waals surface area contributed by atoms with E-state index in [9.17, 15) is 14.4 Å². The highest BCUT2D eigenvalue weighted by molar-refractivity contribution is 5.83. The fourth-order valence-electron chi connectivity index (χ4n) is 1.77. The number of esters is 1. The third kappa shape index (κ3) is 8.88. The molecule has 0 radical (unpaired) electrons. The smallest absolute Gasteiger partial charge is 0.328 e. The molecule has 2 atom stereocenters. The largest absolute Gasteiger partial charge is 0.481 e. The molecule has 2 amide bonds. The van der Waals surface area contributed by atoms with Crippen molar-refractivity contribution in [3.63, 3.8) is 0 Å². The number of hydrogen-bond acceptors (Lipinski definition) is 4. The van der Waals surface area contributed by atoms with Gasteiger partial charge >= 0.3 is 18.0 Å². The number of amides is 2. The molecular formula is C14H26N2O5. The number of methoxy groups -OCH3 is 1. The summed E-state index contributed by atoms with van der Waals surface area (Å²) >= 11 is 0. The van der Waals surface area contributed by atoms with E-state index in [0.717, 1.165) is 0 Å². The maximum atomic E-state index is 11.7. The van der Waals surface area contributed by atoms with Crippen LogP contribution in [0.25, 0.3) is 0 Å². The minimum atomic E-state index is -0.845. The summed E-state index contributed by atoms with van der Waals surface area (Å²) < 4.78 is 4.65. The van der Waals surface area contributed by atoms with E-state index >= 15 is 0 Å². The number of urea groups is 1. The zero-order valence-electron chi connectivity index (χ0n) is 13.1. The standard InChI is InChI=1S/C14H26N2O5/c1-9(2)8-11(13(19)21-4)16-14(20)15-7-5-6-10(3)12(17)18/h9-11H,5-8H2,1-4H3,(H,17,18)(H2,15,16,20). The third-order valence-corrected chi connectivity index (χ3v) is 3.02.